The maximum absolute atomic E-state index is 13.0. The van der Waals surface area contributed by atoms with Crippen LogP contribution in [0.1, 0.15) is 38.5 Å². The Bertz CT molecular complexity index is 763. The Morgan fingerprint density at radius 1 is 1.19 bits per heavy atom. The van der Waals surface area contributed by atoms with Gasteiger partial charge in [0.05, 0.1) is 16.0 Å². The highest BCUT2D eigenvalue weighted by Gasteiger charge is 2.54. The highest BCUT2D eigenvalue weighted by Crippen LogP contribution is 2.60. The number of anilines is 1. The number of amides is 1. The quantitative estimate of drug-likeness (QED) is 0.416. The lowest BCUT2D eigenvalue weighted by molar-refractivity contribution is -0.384. The van der Waals surface area contributed by atoms with Crippen molar-refractivity contribution in [3.63, 3.8) is 0 Å². The van der Waals surface area contributed by atoms with E-state index >= 15 is 0 Å². The average molecular weight is 438 g/mol. The van der Waals surface area contributed by atoms with Crippen molar-refractivity contribution >= 4 is 50.5 Å². The van der Waals surface area contributed by atoms with Gasteiger partial charge in [0.15, 0.2) is 5.11 Å². The van der Waals surface area contributed by atoms with Crippen LogP contribution < -0.4 is 10.6 Å². The molecular weight excluding hydrogens is 418 g/mol. The molecule has 4 aliphatic rings. The molecule has 2 N–H and O–H groups in total. The molecule has 1 aromatic carbocycles. The molecule has 26 heavy (non-hydrogen) atoms. The van der Waals surface area contributed by atoms with E-state index < -0.39 is 4.92 Å². The summed E-state index contributed by atoms with van der Waals surface area (Å²) in [6.07, 6.45) is 6.79. The van der Waals surface area contributed by atoms with E-state index in [9.17, 15) is 14.9 Å². The van der Waals surface area contributed by atoms with E-state index in [1.807, 2.05) is 0 Å². The van der Waals surface area contributed by atoms with Gasteiger partial charge in [0.1, 0.15) is 0 Å². The van der Waals surface area contributed by atoms with Crippen LogP contribution in [0.4, 0.5) is 11.4 Å². The van der Waals surface area contributed by atoms with Crippen molar-refractivity contribution in [2.45, 2.75) is 38.5 Å². The largest absolute Gasteiger partial charge is 0.331 e. The molecule has 4 bridgehead atoms. The van der Waals surface area contributed by atoms with Gasteiger partial charge in [-0.3, -0.25) is 14.9 Å². The Morgan fingerprint density at radius 2 is 1.77 bits per heavy atom. The van der Waals surface area contributed by atoms with E-state index in [2.05, 4.69) is 26.6 Å². The van der Waals surface area contributed by atoms with E-state index in [-0.39, 0.29) is 22.1 Å². The Kier molecular flexibility index (Phi) is 4.51. The van der Waals surface area contributed by atoms with Crippen LogP contribution in [0.5, 0.6) is 0 Å². The van der Waals surface area contributed by atoms with Crippen LogP contribution in [-0.4, -0.2) is 15.9 Å². The molecule has 4 fully saturated rings. The number of non-ortho nitro benzene ring substituents is 1. The molecule has 0 heterocycles. The number of nitrogens with zero attached hydrogens (tertiary/aromatic N) is 1. The minimum absolute atomic E-state index is 0.00838. The fourth-order valence-corrected chi connectivity index (χ4v) is 6.17. The number of nitro groups is 1. The second-order valence-corrected chi connectivity index (χ2v) is 9.29. The standard InChI is InChI=1S/C18H20BrN3O3S/c19-14-6-13(22(24)25)1-2-15(14)20-17(26)21-16(23)18-7-10-3-11(8-18)5-12(4-10)9-18/h1-2,6,10-12H,3-5,7-9H2,(H2,20,21,23,26). The fourth-order valence-electron chi connectivity index (χ4n) is 5.50. The third-order valence-corrected chi connectivity index (χ3v) is 7.02. The summed E-state index contributed by atoms with van der Waals surface area (Å²) >= 11 is 8.62. The van der Waals surface area contributed by atoms with Gasteiger partial charge >= 0.3 is 0 Å². The van der Waals surface area contributed by atoms with E-state index in [1.54, 1.807) is 6.07 Å². The van der Waals surface area contributed by atoms with Crippen molar-refractivity contribution in [2.24, 2.45) is 23.2 Å². The van der Waals surface area contributed by atoms with Crippen LogP contribution in [0.2, 0.25) is 0 Å². The summed E-state index contributed by atoms with van der Waals surface area (Å²) in [7, 11) is 0. The predicted octanol–water partition coefficient (Wildman–Crippen LogP) is 4.39. The van der Waals surface area contributed by atoms with Gasteiger partial charge in [-0.1, -0.05) is 0 Å². The molecule has 1 aromatic rings. The molecule has 138 valence electrons. The summed E-state index contributed by atoms with van der Waals surface area (Å²) in [4.78, 5) is 23.3. The molecule has 0 atom stereocenters. The molecule has 5 rings (SSSR count). The van der Waals surface area contributed by atoms with E-state index in [0.29, 0.717) is 27.9 Å². The number of nitro benzene ring substituents is 1. The minimum Gasteiger partial charge on any atom is -0.331 e. The van der Waals surface area contributed by atoms with Gasteiger partial charge in [0.2, 0.25) is 5.91 Å². The lowest BCUT2D eigenvalue weighted by atomic mass is 9.49. The summed E-state index contributed by atoms with van der Waals surface area (Å²) in [5, 5.41) is 16.9. The molecule has 8 heteroatoms. The number of nitrogens with one attached hydrogen (secondary N) is 2. The zero-order valence-corrected chi connectivity index (χ0v) is 16.6. The van der Waals surface area contributed by atoms with Crippen molar-refractivity contribution in [1.82, 2.24) is 5.32 Å². The highest BCUT2D eigenvalue weighted by molar-refractivity contribution is 9.10. The molecule has 0 saturated heterocycles. The van der Waals surface area contributed by atoms with Gasteiger partial charge < -0.3 is 10.6 Å². The number of hydrogen-bond donors (Lipinski definition) is 2. The number of carbonyl (C=O) groups is 1. The van der Waals surface area contributed by atoms with Crippen molar-refractivity contribution in [3.8, 4) is 0 Å². The second-order valence-electron chi connectivity index (χ2n) is 8.03. The van der Waals surface area contributed by atoms with E-state index in [0.717, 1.165) is 19.3 Å². The van der Waals surface area contributed by atoms with Crippen LogP contribution in [-0.2, 0) is 4.79 Å². The summed E-state index contributed by atoms with van der Waals surface area (Å²) in [5.74, 6) is 2.11. The molecule has 0 unspecified atom stereocenters. The first-order valence-corrected chi connectivity index (χ1v) is 10.1. The maximum Gasteiger partial charge on any atom is 0.270 e. The molecule has 0 radical (unpaired) electrons. The van der Waals surface area contributed by atoms with Gasteiger partial charge in [0, 0.05) is 16.6 Å². The van der Waals surface area contributed by atoms with Crippen molar-refractivity contribution in [3.05, 3.63) is 32.8 Å². The third kappa shape index (κ3) is 3.24. The number of hydrogen-bond acceptors (Lipinski definition) is 4. The van der Waals surface area contributed by atoms with Gasteiger partial charge in [-0.05, 0) is 90.5 Å². The highest BCUT2D eigenvalue weighted by atomic mass is 79.9. The first-order chi connectivity index (χ1) is 12.3. The summed E-state index contributed by atoms with van der Waals surface area (Å²) in [6, 6.07) is 4.38. The van der Waals surface area contributed by atoms with Gasteiger partial charge in [0.25, 0.3) is 5.69 Å². The topological polar surface area (TPSA) is 84.3 Å². The predicted molar refractivity (Wildman–Crippen MR) is 106 cm³/mol. The first-order valence-electron chi connectivity index (χ1n) is 8.91. The first kappa shape index (κ1) is 17.9. The lowest BCUT2D eigenvalue weighted by Gasteiger charge is -2.55. The van der Waals surface area contributed by atoms with Gasteiger partial charge in [-0.15, -0.1) is 0 Å². The number of halogens is 1. The molecule has 0 aromatic heterocycles. The fraction of sp³-hybridized carbons (Fsp3) is 0.556. The molecule has 6 nitrogen and oxygen atoms in total. The van der Waals surface area contributed by atoms with Crippen LogP contribution in [0.15, 0.2) is 22.7 Å². The minimum atomic E-state index is -0.457. The van der Waals surface area contributed by atoms with Crippen LogP contribution >= 0.6 is 28.1 Å². The van der Waals surface area contributed by atoms with E-state index in [4.69, 9.17) is 12.2 Å². The monoisotopic (exact) mass is 437 g/mol. The van der Waals surface area contributed by atoms with E-state index in [1.165, 1.54) is 31.4 Å². The Morgan fingerprint density at radius 3 is 2.27 bits per heavy atom. The van der Waals surface area contributed by atoms with Gasteiger partial charge in [-0.2, -0.15) is 0 Å². The molecular formula is C18H20BrN3O3S. The SMILES string of the molecule is O=C(NC(=S)Nc1ccc([N+](=O)[O-])cc1Br)C12CC3CC(CC(C3)C1)C2. The number of rotatable bonds is 3. The Balaban J connectivity index is 1.42. The lowest BCUT2D eigenvalue weighted by Crippen LogP contribution is -2.55. The molecule has 4 aliphatic carbocycles. The third-order valence-electron chi connectivity index (χ3n) is 6.16. The molecule has 0 aliphatic heterocycles. The number of carbonyl (C=O) groups excluding carboxylic acids is 1. The molecule has 0 spiro atoms. The molecule has 1 amide bonds. The smallest absolute Gasteiger partial charge is 0.270 e. The van der Waals surface area contributed by atoms with Crippen LogP contribution in [0, 0.1) is 33.3 Å². The second kappa shape index (κ2) is 6.56. The molecule has 4 saturated carbocycles. The van der Waals surface area contributed by atoms with Crippen molar-refractivity contribution < 1.29 is 9.72 Å². The normalized spacial score (nSPS) is 31.5. The number of thiocarbonyl (C=S) groups is 1. The zero-order valence-electron chi connectivity index (χ0n) is 14.2. The van der Waals surface area contributed by atoms with Crippen LogP contribution in [0.25, 0.3) is 0 Å². The Hall–Kier alpha value is -1.54. The van der Waals surface area contributed by atoms with Gasteiger partial charge in [-0.25, -0.2) is 0 Å². The zero-order chi connectivity index (χ0) is 18.5. The average Bonchev–Trinajstić information content (AvgIpc) is 2.55. The van der Waals surface area contributed by atoms with Crippen LogP contribution in [0.3, 0.4) is 0 Å². The Labute approximate surface area is 165 Å². The summed E-state index contributed by atoms with van der Waals surface area (Å²) in [6.45, 7) is 0. The van der Waals surface area contributed by atoms with Crippen molar-refractivity contribution in [2.75, 3.05) is 5.32 Å². The maximum atomic E-state index is 13.0. The number of benzene rings is 1. The summed E-state index contributed by atoms with van der Waals surface area (Å²) in [5.41, 5.74) is 0.324. The summed E-state index contributed by atoms with van der Waals surface area (Å²) < 4.78 is 0.526. The van der Waals surface area contributed by atoms with Crippen molar-refractivity contribution in [1.29, 1.82) is 0 Å².